The standard InChI is InChI=1S/C16H16FN3O/c1-3-12-8-9-13(21-12)15-14(16(18)20(2)19-15)10-4-6-11(17)7-5-10/h4-9H,3,18H2,1-2H3. The highest BCUT2D eigenvalue weighted by molar-refractivity contribution is 5.86. The number of hydrogen-bond donors (Lipinski definition) is 1. The Morgan fingerprint density at radius 3 is 2.52 bits per heavy atom. The van der Waals surface area contributed by atoms with Crippen molar-refractivity contribution in [1.82, 2.24) is 9.78 Å². The van der Waals surface area contributed by atoms with E-state index in [-0.39, 0.29) is 5.82 Å². The van der Waals surface area contributed by atoms with Crippen LogP contribution in [0, 0.1) is 5.82 Å². The van der Waals surface area contributed by atoms with E-state index in [2.05, 4.69) is 5.10 Å². The van der Waals surface area contributed by atoms with Crippen LogP contribution >= 0.6 is 0 Å². The van der Waals surface area contributed by atoms with Crippen molar-refractivity contribution in [2.24, 2.45) is 7.05 Å². The van der Waals surface area contributed by atoms with Gasteiger partial charge < -0.3 is 10.2 Å². The summed E-state index contributed by atoms with van der Waals surface area (Å²) in [6, 6.07) is 10.0. The van der Waals surface area contributed by atoms with Crippen molar-refractivity contribution in [3.8, 4) is 22.6 Å². The smallest absolute Gasteiger partial charge is 0.155 e. The predicted molar refractivity (Wildman–Crippen MR) is 80.1 cm³/mol. The van der Waals surface area contributed by atoms with Crippen molar-refractivity contribution >= 4 is 5.82 Å². The number of halogens is 1. The lowest BCUT2D eigenvalue weighted by Crippen LogP contribution is -1.97. The molecule has 0 aliphatic carbocycles. The SMILES string of the molecule is CCc1ccc(-c2nn(C)c(N)c2-c2ccc(F)cc2)o1. The Kier molecular flexibility index (Phi) is 3.25. The number of nitrogen functional groups attached to an aromatic ring is 1. The maximum Gasteiger partial charge on any atom is 0.155 e. The van der Waals surface area contributed by atoms with Crippen molar-refractivity contribution < 1.29 is 8.81 Å². The van der Waals surface area contributed by atoms with Gasteiger partial charge in [-0.05, 0) is 29.8 Å². The number of aryl methyl sites for hydroxylation is 2. The molecule has 3 rings (SSSR count). The Balaban J connectivity index is 2.17. The minimum absolute atomic E-state index is 0.283. The molecule has 0 atom stereocenters. The molecule has 5 heteroatoms. The quantitative estimate of drug-likeness (QED) is 0.799. The third kappa shape index (κ3) is 2.31. The fourth-order valence-electron chi connectivity index (χ4n) is 2.31. The molecule has 21 heavy (non-hydrogen) atoms. The molecule has 1 aromatic carbocycles. The lowest BCUT2D eigenvalue weighted by Gasteiger charge is -2.03. The number of nitrogens with two attached hydrogens (primary N) is 1. The van der Waals surface area contributed by atoms with Crippen LogP contribution in [0.3, 0.4) is 0 Å². The fraction of sp³-hybridized carbons (Fsp3) is 0.188. The molecule has 0 fully saturated rings. The number of nitrogens with zero attached hydrogens (tertiary/aromatic N) is 2. The average molecular weight is 285 g/mol. The van der Waals surface area contributed by atoms with E-state index in [9.17, 15) is 4.39 Å². The van der Waals surface area contributed by atoms with E-state index in [4.69, 9.17) is 10.2 Å². The molecular formula is C16H16FN3O. The molecule has 2 aromatic heterocycles. The first-order valence-corrected chi connectivity index (χ1v) is 6.77. The monoisotopic (exact) mass is 285 g/mol. The zero-order chi connectivity index (χ0) is 15.0. The summed E-state index contributed by atoms with van der Waals surface area (Å²) in [5, 5.41) is 4.43. The third-order valence-electron chi connectivity index (χ3n) is 3.47. The highest BCUT2D eigenvalue weighted by Crippen LogP contribution is 2.36. The molecule has 0 saturated heterocycles. The van der Waals surface area contributed by atoms with Gasteiger partial charge in [0.25, 0.3) is 0 Å². The Morgan fingerprint density at radius 1 is 1.19 bits per heavy atom. The van der Waals surface area contributed by atoms with Gasteiger partial charge in [0.15, 0.2) is 5.76 Å². The van der Waals surface area contributed by atoms with Crippen LogP contribution in [0.25, 0.3) is 22.6 Å². The van der Waals surface area contributed by atoms with Crippen LogP contribution in [0.5, 0.6) is 0 Å². The molecule has 4 nitrogen and oxygen atoms in total. The van der Waals surface area contributed by atoms with E-state index in [1.54, 1.807) is 23.9 Å². The number of anilines is 1. The average Bonchev–Trinajstić information content (AvgIpc) is 3.06. The largest absolute Gasteiger partial charge is 0.459 e. The van der Waals surface area contributed by atoms with E-state index >= 15 is 0 Å². The topological polar surface area (TPSA) is 57.0 Å². The predicted octanol–water partition coefficient (Wildman–Crippen LogP) is 3.63. The maximum absolute atomic E-state index is 13.1. The molecule has 0 aliphatic heterocycles. The van der Waals surface area contributed by atoms with Crippen molar-refractivity contribution in [3.63, 3.8) is 0 Å². The minimum Gasteiger partial charge on any atom is -0.459 e. The lowest BCUT2D eigenvalue weighted by molar-refractivity contribution is 0.526. The van der Waals surface area contributed by atoms with Gasteiger partial charge in [-0.1, -0.05) is 19.1 Å². The molecule has 0 amide bonds. The van der Waals surface area contributed by atoms with E-state index in [0.29, 0.717) is 17.3 Å². The highest BCUT2D eigenvalue weighted by atomic mass is 19.1. The van der Waals surface area contributed by atoms with E-state index in [0.717, 1.165) is 23.3 Å². The van der Waals surface area contributed by atoms with Gasteiger partial charge >= 0.3 is 0 Å². The van der Waals surface area contributed by atoms with Gasteiger partial charge in [-0.2, -0.15) is 5.10 Å². The van der Waals surface area contributed by atoms with Crippen molar-refractivity contribution in [3.05, 3.63) is 48.0 Å². The molecular weight excluding hydrogens is 269 g/mol. The Morgan fingerprint density at radius 2 is 1.90 bits per heavy atom. The van der Waals surface area contributed by atoms with E-state index in [1.165, 1.54) is 12.1 Å². The minimum atomic E-state index is -0.283. The first-order chi connectivity index (χ1) is 10.1. The summed E-state index contributed by atoms with van der Waals surface area (Å²) in [6.45, 7) is 2.02. The van der Waals surface area contributed by atoms with Crippen LogP contribution in [0.2, 0.25) is 0 Å². The van der Waals surface area contributed by atoms with E-state index in [1.807, 2.05) is 19.1 Å². The van der Waals surface area contributed by atoms with Crippen LogP contribution in [0.1, 0.15) is 12.7 Å². The molecule has 0 spiro atoms. The Labute approximate surface area is 122 Å². The van der Waals surface area contributed by atoms with Gasteiger partial charge in [0, 0.05) is 13.5 Å². The summed E-state index contributed by atoms with van der Waals surface area (Å²) in [5.41, 5.74) is 8.35. The number of benzene rings is 1. The van der Waals surface area contributed by atoms with Crippen molar-refractivity contribution in [2.45, 2.75) is 13.3 Å². The van der Waals surface area contributed by atoms with Gasteiger partial charge in [0.2, 0.25) is 0 Å². The van der Waals surface area contributed by atoms with Crippen molar-refractivity contribution in [2.75, 3.05) is 5.73 Å². The third-order valence-corrected chi connectivity index (χ3v) is 3.47. The summed E-state index contributed by atoms with van der Waals surface area (Å²) in [6.07, 6.45) is 0.814. The number of furan rings is 1. The Hall–Kier alpha value is -2.56. The summed E-state index contributed by atoms with van der Waals surface area (Å²) in [4.78, 5) is 0. The second-order valence-electron chi connectivity index (χ2n) is 4.86. The van der Waals surface area contributed by atoms with Crippen LogP contribution in [-0.2, 0) is 13.5 Å². The van der Waals surface area contributed by atoms with E-state index < -0.39 is 0 Å². The number of hydrogen-bond acceptors (Lipinski definition) is 3. The number of aromatic nitrogens is 2. The van der Waals surface area contributed by atoms with Gasteiger partial charge in [0.1, 0.15) is 23.1 Å². The second kappa shape index (κ2) is 5.09. The van der Waals surface area contributed by atoms with Crippen LogP contribution in [-0.4, -0.2) is 9.78 Å². The van der Waals surface area contributed by atoms with Gasteiger partial charge in [-0.15, -0.1) is 0 Å². The summed E-state index contributed by atoms with van der Waals surface area (Å²) in [7, 11) is 1.77. The zero-order valence-corrected chi connectivity index (χ0v) is 11.9. The fourth-order valence-corrected chi connectivity index (χ4v) is 2.31. The highest BCUT2D eigenvalue weighted by Gasteiger charge is 2.19. The summed E-state index contributed by atoms with van der Waals surface area (Å²) >= 11 is 0. The summed E-state index contributed by atoms with van der Waals surface area (Å²) in [5.74, 6) is 1.79. The van der Waals surface area contributed by atoms with Gasteiger partial charge in [-0.3, -0.25) is 4.68 Å². The first kappa shape index (κ1) is 13.4. The second-order valence-corrected chi connectivity index (χ2v) is 4.86. The van der Waals surface area contributed by atoms with Gasteiger partial charge in [0.05, 0.1) is 5.56 Å². The lowest BCUT2D eigenvalue weighted by atomic mass is 10.0. The molecule has 0 saturated carbocycles. The van der Waals surface area contributed by atoms with Gasteiger partial charge in [-0.25, -0.2) is 4.39 Å². The Bertz CT molecular complexity index is 771. The molecule has 2 N–H and O–H groups in total. The molecule has 2 heterocycles. The molecule has 0 aliphatic rings. The molecule has 3 aromatic rings. The molecule has 0 unspecified atom stereocenters. The van der Waals surface area contributed by atoms with Crippen LogP contribution in [0.4, 0.5) is 10.2 Å². The van der Waals surface area contributed by atoms with Crippen molar-refractivity contribution in [1.29, 1.82) is 0 Å². The maximum atomic E-state index is 13.1. The number of rotatable bonds is 3. The molecule has 0 radical (unpaired) electrons. The normalized spacial score (nSPS) is 11.0. The first-order valence-electron chi connectivity index (χ1n) is 6.77. The molecule has 108 valence electrons. The molecule has 0 bridgehead atoms. The van der Waals surface area contributed by atoms with Crippen LogP contribution in [0.15, 0.2) is 40.8 Å². The zero-order valence-electron chi connectivity index (χ0n) is 11.9. The summed E-state index contributed by atoms with van der Waals surface area (Å²) < 4.78 is 20.5. The van der Waals surface area contributed by atoms with Crippen LogP contribution < -0.4 is 5.73 Å².